The lowest BCUT2D eigenvalue weighted by Crippen LogP contribution is -2.42. The van der Waals surface area contributed by atoms with E-state index in [2.05, 4.69) is 5.32 Å². The molecule has 1 N–H and O–H groups in total. The molecule has 0 spiro atoms. The first kappa shape index (κ1) is 18.6. The summed E-state index contributed by atoms with van der Waals surface area (Å²) in [6.07, 6.45) is 0.668. The van der Waals surface area contributed by atoms with Crippen LogP contribution in [0.25, 0.3) is 0 Å². The smallest absolute Gasteiger partial charge is 0.273 e. The van der Waals surface area contributed by atoms with Gasteiger partial charge >= 0.3 is 0 Å². The number of carbonyl (C=O) groups excluding carboxylic acids is 1. The maximum absolute atomic E-state index is 12.6. The van der Waals surface area contributed by atoms with E-state index in [1.165, 1.54) is 12.1 Å². The molecule has 0 saturated heterocycles. The number of nitrogens with zero attached hydrogens (tertiary/aromatic N) is 1. The predicted molar refractivity (Wildman–Crippen MR) is 95.6 cm³/mol. The van der Waals surface area contributed by atoms with E-state index >= 15 is 0 Å². The van der Waals surface area contributed by atoms with Gasteiger partial charge in [-0.2, -0.15) is 0 Å². The fourth-order valence-electron chi connectivity index (χ4n) is 2.89. The molecular formula is C19H22N2O4. The van der Waals surface area contributed by atoms with E-state index in [9.17, 15) is 14.9 Å². The molecule has 1 atom stereocenters. The number of benzene rings is 2. The van der Waals surface area contributed by atoms with Crippen molar-refractivity contribution in [2.45, 2.75) is 25.9 Å². The number of carbonyl (C=O) groups is 1. The number of nitro groups is 1. The van der Waals surface area contributed by atoms with Gasteiger partial charge in [0.2, 0.25) is 0 Å². The molecule has 0 aromatic heterocycles. The van der Waals surface area contributed by atoms with Gasteiger partial charge in [0, 0.05) is 24.3 Å². The molecule has 25 heavy (non-hydrogen) atoms. The number of nitrogens with one attached hydrogen (secondary N) is 1. The van der Waals surface area contributed by atoms with Gasteiger partial charge in [-0.05, 0) is 25.0 Å². The second-order valence-electron chi connectivity index (χ2n) is 5.81. The van der Waals surface area contributed by atoms with Crippen molar-refractivity contribution in [2.75, 3.05) is 13.7 Å². The SMILES string of the molecule is CCC(CNC(=O)c1cccc([N+](=O)[O-])c1C)(OC)c1ccccc1. The lowest BCUT2D eigenvalue weighted by atomic mass is 9.90. The van der Waals surface area contributed by atoms with Crippen molar-refractivity contribution in [3.63, 3.8) is 0 Å². The number of amides is 1. The topological polar surface area (TPSA) is 81.5 Å². The first-order valence-corrected chi connectivity index (χ1v) is 8.08. The van der Waals surface area contributed by atoms with Gasteiger partial charge in [0.15, 0.2) is 0 Å². The van der Waals surface area contributed by atoms with Crippen molar-refractivity contribution in [1.82, 2.24) is 5.32 Å². The first-order valence-electron chi connectivity index (χ1n) is 8.08. The monoisotopic (exact) mass is 342 g/mol. The summed E-state index contributed by atoms with van der Waals surface area (Å²) in [7, 11) is 1.61. The zero-order valence-corrected chi connectivity index (χ0v) is 14.6. The highest BCUT2D eigenvalue weighted by Crippen LogP contribution is 2.28. The van der Waals surface area contributed by atoms with E-state index < -0.39 is 10.5 Å². The van der Waals surface area contributed by atoms with Crippen molar-refractivity contribution in [1.29, 1.82) is 0 Å². The minimum Gasteiger partial charge on any atom is -0.372 e. The molecule has 0 radical (unpaired) electrons. The maximum atomic E-state index is 12.6. The molecule has 0 aliphatic heterocycles. The number of hydrogen-bond acceptors (Lipinski definition) is 4. The van der Waals surface area contributed by atoms with Crippen LogP contribution < -0.4 is 5.32 Å². The molecule has 2 rings (SSSR count). The Bertz CT molecular complexity index is 755. The van der Waals surface area contributed by atoms with Gasteiger partial charge in [0.1, 0.15) is 5.60 Å². The summed E-state index contributed by atoms with van der Waals surface area (Å²) >= 11 is 0. The maximum Gasteiger partial charge on any atom is 0.273 e. The van der Waals surface area contributed by atoms with Crippen LogP contribution >= 0.6 is 0 Å². The quantitative estimate of drug-likeness (QED) is 0.616. The summed E-state index contributed by atoms with van der Waals surface area (Å²) in [6.45, 7) is 3.83. The Labute approximate surface area is 147 Å². The Morgan fingerprint density at radius 1 is 1.20 bits per heavy atom. The molecule has 0 fully saturated rings. The van der Waals surface area contributed by atoms with Crippen LogP contribution in [0.4, 0.5) is 5.69 Å². The minimum atomic E-state index is -0.647. The van der Waals surface area contributed by atoms with Crippen LogP contribution in [-0.2, 0) is 10.3 Å². The van der Waals surface area contributed by atoms with Gasteiger partial charge in [0.05, 0.1) is 11.5 Å². The Hall–Kier alpha value is -2.73. The Morgan fingerprint density at radius 3 is 2.44 bits per heavy atom. The van der Waals surface area contributed by atoms with Crippen molar-refractivity contribution in [2.24, 2.45) is 0 Å². The summed E-state index contributed by atoms with van der Waals surface area (Å²) < 4.78 is 5.73. The largest absolute Gasteiger partial charge is 0.372 e. The molecule has 0 saturated carbocycles. The van der Waals surface area contributed by atoms with Gasteiger partial charge in [-0.15, -0.1) is 0 Å². The van der Waals surface area contributed by atoms with Gasteiger partial charge in [-0.3, -0.25) is 14.9 Å². The number of ether oxygens (including phenoxy) is 1. The minimum absolute atomic E-state index is 0.0656. The molecule has 0 heterocycles. The molecule has 0 aliphatic carbocycles. The average Bonchev–Trinajstić information content (AvgIpc) is 2.63. The van der Waals surface area contributed by atoms with Crippen LogP contribution in [0.3, 0.4) is 0 Å². The second kappa shape index (κ2) is 7.90. The summed E-state index contributed by atoms with van der Waals surface area (Å²) in [5.41, 5.74) is 0.902. The normalized spacial score (nSPS) is 13.1. The van der Waals surface area contributed by atoms with Crippen LogP contribution in [0.5, 0.6) is 0 Å². The third-order valence-corrected chi connectivity index (χ3v) is 4.54. The zero-order chi connectivity index (χ0) is 18.4. The third-order valence-electron chi connectivity index (χ3n) is 4.54. The lowest BCUT2D eigenvalue weighted by molar-refractivity contribution is -0.385. The molecule has 6 heteroatoms. The van der Waals surface area contributed by atoms with Gasteiger partial charge < -0.3 is 10.1 Å². The van der Waals surface area contributed by atoms with E-state index in [4.69, 9.17) is 4.74 Å². The predicted octanol–water partition coefficient (Wildman–Crippen LogP) is 3.58. The second-order valence-corrected chi connectivity index (χ2v) is 5.81. The number of rotatable bonds is 7. The van der Waals surface area contributed by atoms with E-state index in [1.54, 1.807) is 20.1 Å². The number of nitro benzene ring substituents is 1. The Morgan fingerprint density at radius 2 is 1.88 bits per heavy atom. The average molecular weight is 342 g/mol. The summed E-state index contributed by atoms with van der Waals surface area (Å²) in [4.78, 5) is 23.1. The fourth-order valence-corrected chi connectivity index (χ4v) is 2.89. The molecule has 1 unspecified atom stereocenters. The fraction of sp³-hybridized carbons (Fsp3) is 0.316. The highest BCUT2D eigenvalue weighted by atomic mass is 16.6. The van der Waals surface area contributed by atoms with Crippen LogP contribution in [0.15, 0.2) is 48.5 Å². The summed E-state index contributed by atoms with van der Waals surface area (Å²) in [5, 5.41) is 13.9. The van der Waals surface area contributed by atoms with E-state index in [1.807, 2.05) is 37.3 Å². The first-order chi connectivity index (χ1) is 11.9. The molecular weight excluding hydrogens is 320 g/mol. The highest BCUT2D eigenvalue weighted by Gasteiger charge is 2.31. The van der Waals surface area contributed by atoms with Gasteiger partial charge in [0.25, 0.3) is 11.6 Å². The van der Waals surface area contributed by atoms with Crippen molar-refractivity contribution in [3.8, 4) is 0 Å². The zero-order valence-electron chi connectivity index (χ0n) is 14.6. The van der Waals surface area contributed by atoms with E-state index in [0.29, 0.717) is 17.5 Å². The summed E-state index contributed by atoms with van der Waals surface area (Å²) in [5.74, 6) is -0.355. The van der Waals surface area contributed by atoms with Gasteiger partial charge in [-0.1, -0.05) is 43.3 Å². The number of hydrogen-bond donors (Lipinski definition) is 1. The van der Waals surface area contributed by atoms with Crippen LogP contribution in [0.2, 0.25) is 0 Å². The molecule has 1 amide bonds. The number of methoxy groups -OCH3 is 1. The standard InChI is InChI=1S/C19H22N2O4/c1-4-19(25-3,15-9-6-5-7-10-15)13-20-18(22)16-11-8-12-17(14(16)2)21(23)24/h5-12H,4,13H2,1-3H3,(H,20,22). The van der Waals surface area contributed by atoms with Crippen molar-refractivity contribution < 1.29 is 14.5 Å². The highest BCUT2D eigenvalue weighted by molar-refractivity contribution is 5.96. The Kier molecular flexibility index (Phi) is 5.88. The van der Waals surface area contributed by atoms with Crippen molar-refractivity contribution >= 4 is 11.6 Å². The Balaban J connectivity index is 2.23. The van der Waals surface area contributed by atoms with Crippen LogP contribution in [-0.4, -0.2) is 24.5 Å². The van der Waals surface area contributed by atoms with E-state index in [-0.39, 0.29) is 18.1 Å². The summed E-state index contributed by atoms with van der Waals surface area (Å²) in [6, 6.07) is 14.2. The van der Waals surface area contributed by atoms with Crippen LogP contribution in [0.1, 0.15) is 34.8 Å². The van der Waals surface area contributed by atoms with E-state index in [0.717, 1.165) is 5.56 Å². The van der Waals surface area contributed by atoms with Crippen LogP contribution in [0, 0.1) is 17.0 Å². The molecule has 2 aromatic carbocycles. The van der Waals surface area contributed by atoms with Crippen molar-refractivity contribution in [3.05, 3.63) is 75.3 Å². The molecule has 0 bridgehead atoms. The molecule has 2 aromatic rings. The molecule has 0 aliphatic rings. The lowest BCUT2D eigenvalue weighted by Gasteiger charge is -2.32. The third kappa shape index (κ3) is 3.85. The molecule has 132 valence electrons. The van der Waals surface area contributed by atoms with Gasteiger partial charge in [-0.25, -0.2) is 0 Å². The molecule has 6 nitrogen and oxygen atoms in total.